The zero-order valence-electron chi connectivity index (χ0n) is 16.8. The van der Waals surface area contributed by atoms with Gasteiger partial charge >= 0.3 is 0 Å². The largest absolute Gasteiger partial charge is 0.345 e. The third-order valence-electron chi connectivity index (χ3n) is 7.99. The first-order valence-corrected chi connectivity index (χ1v) is 10.4. The molecule has 5 rings (SSSR count). The Bertz CT molecular complexity index is 972. The highest BCUT2D eigenvalue weighted by Gasteiger charge is 2.66. The Morgan fingerprint density at radius 2 is 1.93 bits per heavy atom. The van der Waals surface area contributed by atoms with Gasteiger partial charge in [0, 0.05) is 18.5 Å². The van der Waals surface area contributed by atoms with Gasteiger partial charge in [-0.05, 0) is 66.7 Å². The van der Waals surface area contributed by atoms with Crippen LogP contribution in [-0.2, 0) is 10.2 Å². The van der Waals surface area contributed by atoms with Gasteiger partial charge in [-0.2, -0.15) is 10.2 Å². The topological polar surface area (TPSA) is 46.1 Å². The van der Waals surface area contributed by atoms with E-state index >= 15 is 0 Å². The van der Waals surface area contributed by atoms with Crippen molar-refractivity contribution in [3.63, 3.8) is 0 Å². The monoisotopic (exact) mass is 397 g/mol. The van der Waals surface area contributed by atoms with E-state index in [0.717, 1.165) is 56.4 Å². The molecular formula is C23H25F2N3O. The lowest BCUT2D eigenvalue weighted by Crippen LogP contribution is -2.49. The highest BCUT2D eigenvalue weighted by Crippen LogP contribution is 2.70. The molecular weight excluding hydrogens is 372 g/mol. The molecule has 1 aliphatic heterocycles. The molecule has 2 bridgehead atoms. The number of piperidine rings is 1. The van der Waals surface area contributed by atoms with Gasteiger partial charge in [-0.25, -0.2) is 8.78 Å². The van der Waals surface area contributed by atoms with Crippen molar-refractivity contribution in [2.45, 2.75) is 50.9 Å². The molecule has 1 amide bonds. The first-order valence-electron chi connectivity index (χ1n) is 10.4. The number of fused-ring (bicyclic) bond motifs is 5. The molecule has 3 atom stereocenters. The zero-order valence-corrected chi connectivity index (χ0v) is 16.8. The number of rotatable bonds is 3. The summed E-state index contributed by atoms with van der Waals surface area (Å²) >= 11 is 0. The number of amides is 1. The van der Waals surface area contributed by atoms with Gasteiger partial charge < -0.3 is 4.90 Å². The summed E-state index contributed by atoms with van der Waals surface area (Å²) in [5, 5.41) is 8.90. The molecule has 1 saturated heterocycles. The van der Waals surface area contributed by atoms with Crippen molar-refractivity contribution < 1.29 is 13.6 Å². The van der Waals surface area contributed by atoms with Gasteiger partial charge in [0.25, 0.3) is 0 Å². The van der Waals surface area contributed by atoms with Crippen molar-refractivity contribution in [2.75, 3.05) is 13.1 Å². The van der Waals surface area contributed by atoms with Crippen LogP contribution in [0.25, 0.3) is 11.3 Å². The maximum absolute atomic E-state index is 14.3. The molecule has 1 aromatic heterocycles. The fourth-order valence-corrected chi connectivity index (χ4v) is 6.64. The summed E-state index contributed by atoms with van der Waals surface area (Å²) in [5.41, 5.74) is 2.04. The van der Waals surface area contributed by atoms with Crippen LogP contribution in [0.4, 0.5) is 8.78 Å². The van der Waals surface area contributed by atoms with Gasteiger partial charge in [0.15, 0.2) is 0 Å². The Morgan fingerprint density at radius 1 is 1.17 bits per heavy atom. The minimum atomic E-state index is -0.620. The first kappa shape index (κ1) is 18.6. The summed E-state index contributed by atoms with van der Waals surface area (Å²) in [6, 6.07) is 5.72. The third-order valence-corrected chi connectivity index (χ3v) is 7.99. The lowest BCUT2D eigenvalue weighted by Gasteiger charge is -2.47. The predicted octanol–water partition coefficient (Wildman–Crippen LogP) is 4.45. The molecule has 152 valence electrons. The maximum atomic E-state index is 14.3. The second-order valence-electron chi connectivity index (χ2n) is 9.35. The van der Waals surface area contributed by atoms with Gasteiger partial charge in [0.05, 0.1) is 17.0 Å². The van der Waals surface area contributed by atoms with Gasteiger partial charge in [-0.1, -0.05) is 19.9 Å². The van der Waals surface area contributed by atoms with Crippen molar-refractivity contribution in [3.8, 4) is 11.3 Å². The highest BCUT2D eigenvalue weighted by atomic mass is 19.1. The Kier molecular flexibility index (Phi) is 4.06. The van der Waals surface area contributed by atoms with Crippen LogP contribution in [0.3, 0.4) is 0 Å². The van der Waals surface area contributed by atoms with E-state index < -0.39 is 11.6 Å². The summed E-state index contributed by atoms with van der Waals surface area (Å²) < 4.78 is 28.7. The second-order valence-corrected chi connectivity index (χ2v) is 9.35. The minimum absolute atomic E-state index is 0.0347. The van der Waals surface area contributed by atoms with E-state index in [1.54, 1.807) is 0 Å². The molecule has 1 aromatic carbocycles. The number of aromatic nitrogens is 2. The van der Waals surface area contributed by atoms with Crippen molar-refractivity contribution in [3.05, 3.63) is 47.2 Å². The van der Waals surface area contributed by atoms with Crippen LogP contribution in [0.1, 0.15) is 56.7 Å². The van der Waals surface area contributed by atoms with Gasteiger partial charge in [-0.15, -0.1) is 0 Å². The molecule has 0 N–H and O–H groups in total. The van der Waals surface area contributed by atoms with Crippen molar-refractivity contribution >= 4 is 6.41 Å². The average molecular weight is 397 g/mol. The van der Waals surface area contributed by atoms with E-state index in [1.807, 2.05) is 11.0 Å². The number of carbonyl (C=O) groups excluding carboxylic acids is 1. The van der Waals surface area contributed by atoms with E-state index in [0.29, 0.717) is 5.92 Å². The molecule has 2 heterocycles. The van der Waals surface area contributed by atoms with E-state index in [1.165, 1.54) is 18.2 Å². The number of benzene rings is 1. The summed E-state index contributed by atoms with van der Waals surface area (Å²) in [7, 11) is 0. The fourth-order valence-electron chi connectivity index (χ4n) is 6.64. The van der Waals surface area contributed by atoms with E-state index in [9.17, 15) is 13.6 Å². The number of hydrogen-bond acceptors (Lipinski definition) is 3. The maximum Gasteiger partial charge on any atom is 0.209 e. The number of carbonyl (C=O) groups is 1. The molecule has 0 radical (unpaired) electrons. The molecule has 1 saturated carbocycles. The Morgan fingerprint density at radius 3 is 2.66 bits per heavy atom. The molecule has 2 aromatic rings. The van der Waals surface area contributed by atoms with Gasteiger partial charge in [0.2, 0.25) is 6.41 Å². The summed E-state index contributed by atoms with van der Waals surface area (Å²) in [6.07, 6.45) is 5.06. The van der Waals surface area contributed by atoms with Crippen LogP contribution < -0.4 is 0 Å². The smallest absolute Gasteiger partial charge is 0.209 e. The van der Waals surface area contributed by atoms with Gasteiger partial charge in [-0.3, -0.25) is 4.79 Å². The molecule has 6 heteroatoms. The number of halogens is 2. The van der Waals surface area contributed by atoms with Crippen molar-refractivity contribution in [1.82, 2.24) is 15.1 Å². The molecule has 2 aliphatic carbocycles. The molecule has 4 nitrogen and oxygen atoms in total. The van der Waals surface area contributed by atoms with Crippen molar-refractivity contribution in [2.24, 2.45) is 11.3 Å². The fraction of sp³-hybridized carbons (Fsp3) is 0.522. The summed E-state index contributed by atoms with van der Waals surface area (Å²) in [4.78, 5) is 13.3. The number of likely N-dealkylation sites (tertiary alicyclic amines) is 1. The van der Waals surface area contributed by atoms with Crippen molar-refractivity contribution in [1.29, 1.82) is 0 Å². The average Bonchev–Trinajstić information content (AvgIpc) is 3.09. The van der Waals surface area contributed by atoms with E-state index in [4.69, 9.17) is 0 Å². The Labute approximate surface area is 169 Å². The zero-order chi connectivity index (χ0) is 20.4. The predicted molar refractivity (Wildman–Crippen MR) is 105 cm³/mol. The SMILES string of the molecule is CC1(C)[C@H]2CC[C@]1([C@H]1CCCN(C=O)C1)c1nnc(-c3c(F)cccc3F)cc12. The lowest BCUT2D eigenvalue weighted by molar-refractivity contribution is -0.120. The Balaban J connectivity index is 1.64. The molecule has 0 unspecified atom stereocenters. The summed E-state index contributed by atoms with van der Waals surface area (Å²) in [5.74, 6) is -0.628. The van der Waals surface area contributed by atoms with E-state index in [2.05, 4.69) is 24.0 Å². The molecule has 3 aliphatic rings. The van der Waals surface area contributed by atoms with Crippen LogP contribution in [0.2, 0.25) is 0 Å². The quantitative estimate of drug-likeness (QED) is 0.719. The standard InChI is InChI=1S/C23H25F2N3O/c1-22(2)16-8-9-23(22,14-5-4-10-28(12-14)13-29)21-15(16)11-19(26-27-21)20-17(24)6-3-7-18(20)25/h3,6-7,11,13-14,16H,4-5,8-10,12H2,1-2H3/t14-,16-,23-/m0/s1. The molecule has 0 spiro atoms. The first-order chi connectivity index (χ1) is 13.9. The third kappa shape index (κ3) is 2.37. The number of hydrogen-bond donors (Lipinski definition) is 0. The van der Waals surface area contributed by atoms with Gasteiger partial charge in [0.1, 0.15) is 11.6 Å². The van der Waals surface area contributed by atoms with Crippen LogP contribution >= 0.6 is 0 Å². The van der Waals surface area contributed by atoms with Crippen LogP contribution in [0, 0.1) is 23.0 Å². The molecule has 2 fully saturated rings. The second kappa shape index (κ2) is 6.31. The molecule has 29 heavy (non-hydrogen) atoms. The van der Waals surface area contributed by atoms with Crippen LogP contribution in [0.5, 0.6) is 0 Å². The minimum Gasteiger partial charge on any atom is -0.345 e. The highest BCUT2D eigenvalue weighted by molar-refractivity contribution is 5.63. The van der Waals surface area contributed by atoms with Crippen LogP contribution in [0.15, 0.2) is 24.3 Å². The van der Waals surface area contributed by atoms with Crippen LogP contribution in [-0.4, -0.2) is 34.6 Å². The number of nitrogens with zero attached hydrogens (tertiary/aromatic N) is 3. The lowest BCUT2D eigenvalue weighted by atomic mass is 9.59. The normalized spacial score (nSPS) is 29.7. The Hall–Kier alpha value is -2.37. The van der Waals surface area contributed by atoms with E-state index in [-0.39, 0.29) is 28.0 Å². The summed E-state index contributed by atoms with van der Waals surface area (Å²) in [6.45, 7) is 6.12.